The number of anilines is 1. The van der Waals surface area contributed by atoms with Crippen molar-refractivity contribution in [2.24, 2.45) is 0 Å². The highest BCUT2D eigenvalue weighted by atomic mass is 19.1. The fourth-order valence-corrected chi connectivity index (χ4v) is 3.29. The molecule has 0 spiro atoms. The van der Waals surface area contributed by atoms with Crippen LogP contribution in [0.1, 0.15) is 11.6 Å². The number of ether oxygens (including phenoxy) is 1. The highest BCUT2D eigenvalue weighted by Crippen LogP contribution is 2.24. The van der Waals surface area contributed by atoms with E-state index in [4.69, 9.17) is 4.74 Å². The molecule has 6 nitrogen and oxygen atoms in total. The molecular formula is C21H24FN3O3. The van der Waals surface area contributed by atoms with E-state index < -0.39 is 6.04 Å². The Kier molecular flexibility index (Phi) is 6.73. The van der Waals surface area contributed by atoms with Crippen LogP contribution in [-0.4, -0.2) is 61.5 Å². The number of hydrogen-bond acceptors (Lipinski definition) is 4. The van der Waals surface area contributed by atoms with Crippen molar-refractivity contribution in [2.75, 3.05) is 45.2 Å². The van der Waals surface area contributed by atoms with Crippen molar-refractivity contribution in [2.45, 2.75) is 6.04 Å². The molecule has 2 aromatic carbocycles. The van der Waals surface area contributed by atoms with Crippen LogP contribution in [0.25, 0.3) is 0 Å². The molecular weight excluding hydrogens is 361 g/mol. The van der Waals surface area contributed by atoms with Crippen LogP contribution in [-0.2, 0) is 14.3 Å². The van der Waals surface area contributed by atoms with Gasteiger partial charge in [0.25, 0.3) is 0 Å². The normalized spacial score (nSPS) is 16.1. The molecule has 2 amide bonds. The molecule has 1 N–H and O–H groups in total. The van der Waals surface area contributed by atoms with Crippen LogP contribution < -0.4 is 5.32 Å². The van der Waals surface area contributed by atoms with Crippen LogP contribution in [0.2, 0.25) is 0 Å². The maximum absolute atomic E-state index is 13.1. The molecule has 0 radical (unpaired) electrons. The number of nitrogens with one attached hydrogen (secondary N) is 1. The number of piperazine rings is 1. The van der Waals surface area contributed by atoms with Crippen molar-refractivity contribution in [1.29, 1.82) is 0 Å². The molecule has 1 aliphatic heterocycles. The van der Waals surface area contributed by atoms with Gasteiger partial charge in [0.2, 0.25) is 11.8 Å². The first-order valence-electron chi connectivity index (χ1n) is 9.20. The Bertz CT molecular complexity index is 798. The van der Waals surface area contributed by atoms with Crippen LogP contribution in [0, 0.1) is 5.82 Å². The second-order valence-corrected chi connectivity index (χ2v) is 6.65. The zero-order valence-corrected chi connectivity index (χ0v) is 15.8. The Morgan fingerprint density at radius 1 is 1.14 bits per heavy atom. The smallest absolute Gasteiger partial charge is 0.246 e. The molecule has 0 bridgehead atoms. The highest BCUT2D eigenvalue weighted by molar-refractivity contribution is 5.96. The number of methoxy groups -OCH3 is 1. The number of nitrogens with zero attached hydrogens (tertiary/aromatic N) is 2. The molecule has 148 valence electrons. The summed E-state index contributed by atoms with van der Waals surface area (Å²) in [6.45, 7) is 2.29. The summed E-state index contributed by atoms with van der Waals surface area (Å²) >= 11 is 0. The first-order chi connectivity index (χ1) is 13.6. The summed E-state index contributed by atoms with van der Waals surface area (Å²) in [5.41, 5.74) is 1.32. The molecule has 0 saturated carbocycles. The van der Waals surface area contributed by atoms with Gasteiger partial charge >= 0.3 is 0 Å². The van der Waals surface area contributed by atoms with E-state index >= 15 is 0 Å². The molecule has 28 heavy (non-hydrogen) atoms. The maximum Gasteiger partial charge on any atom is 0.246 e. The second kappa shape index (κ2) is 9.43. The summed E-state index contributed by atoms with van der Waals surface area (Å²) in [6, 6.07) is 14.4. The first kappa shape index (κ1) is 20.0. The van der Waals surface area contributed by atoms with E-state index in [0.29, 0.717) is 31.9 Å². The van der Waals surface area contributed by atoms with E-state index in [1.54, 1.807) is 12.0 Å². The molecule has 0 aromatic heterocycles. The predicted octanol–water partition coefficient (Wildman–Crippen LogP) is 2.30. The van der Waals surface area contributed by atoms with E-state index in [9.17, 15) is 14.0 Å². The van der Waals surface area contributed by atoms with Crippen LogP contribution in [0.4, 0.5) is 10.1 Å². The fraction of sp³-hybridized carbons (Fsp3) is 0.333. The number of halogens is 1. The number of carbonyl (C=O) groups excluding carboxylic acids is 2. The molecule has 7 heteroatoms. The standard InChI is InChI=1S/C21H24FN3O3/c1-28-14-13-24-11-12-25(15-19(24)26)20(16-5-3-2-4-6-16)21(27)23-18-9-7-17(22)8-10-18/h2-10,20H,11-15H2,1H3,(H,23,27). The minimum Gasteiger partial charge on any atom is -0.383 e. The van der Waals surface area contributed by atoms with Crippen molar-refractivity contribution >= 4 is 17.5 Å². The Balaban J connectivity index is 1.77. The molecule has 1 saturated heterocycles. The molecule has 2 aromatic rings. The van der Waals surface area contributed by atoms with Gasteiger partial charge in [-0.25, -0.2) is 4.39 Å². The lowest BCUT2D eigenvalue weighted by Gasteiger charge is -2.38. The monoisotopic (exact) mass is 385 g/mol. The van der Waals surface area contributed by atoms with Gasteiger partial charge in [0.05, 0.1) is 13.2 Å². The van der Waals surface area contributed by atoms with Crippen LogP contribution in [0.15, 0.2) is 54.6 Å². The number of amides is 2. The van der Waals surface area contributed by atoms with Gasteiger partial charge in [0.15, 0.2) is 0 Å². The Morgan fingerprint density at radius 3 is 2.50 bits per heavy atom. The summed E-state index contributed by atoms with van der Waals surface area (Å²) in [5, 5.41) is 2.83. The van der Waals surface area contributed by atoms with Gasteiger partial charge in [0.1, 0.15) is 11.9 Å². The Labute approximate surface area is 163 Å². The third kappa shape index (κ3) is 4.94. The largest absolute Gasteiger partial charge is 0.383 e. The first-order valence-corrected chi connectivity index (χ1v) is 9.20. The molecule has 1 heterocycles. The van der Waals surface area contributed by atoms with Gasteiger partial charge in [-0.05, 0) is 29.8 Å². The third-order valence-electron chi connectivity index (χ3n) is 4.75. The van der Waals surface area contributed by atoms with E-state index in [1.165, 1.54) is 24.3 Å². The maximum atomic E-state index is 13.1. The summed E-state index contributed by atoms with van der Waals surface area (Å²) in [6.07, 6.45) is 0. The van der Waals surface area contributed by atoms with Gasteiger partial charge in [-0.3, -0.25) is 14.5 Å². The summed E-state index contributed by atoms with van der Waals surface area (Å²) in [4.78, 5) is 29.2. The summed E-state index contributed by atoms with van der Waals surface area (Å²) in [7, 11) is 1.60. The Morgan fingerprint density at radius 2 is 1.86 bits per heavy atom. The van der Waals surface area contributed by atoms with E-state index in [0.717, 1.165) is 5.56 Å². The lowest BCUT2D eigenvalue weighted by Crippen LogP contribution is -2.53. The molecule has 1 aliphatic rings. The van der Waals surface area contributed by atoms with E-state index in [1.807, 2.05) is 35.2 Å². The lowest BCUT2D eigenvalue weighted by atomic mass is 10.0. The average Bonchev–Trinajstić information content (AvgIpc) is 2.70. The average molecular weight is 385 g/mol. The van der Waals surface area contributed by atoms with Gasteiger partial charge in [-0.1, -0.05) is 30.3 Å². The lowest BCUT2D eigenvalue weighted by molar-refractivity contribution is -0.139. The molecule has 1 atom stereocenters. The van der Waals surface area contributed by atoms with Gasteiger partial charge in [0, 0.05) is 32.4 Å². The third-order valence-corrected chi connectivity index (χ3v) is 4.75. The van der Waals surface area contributed by atoms with Crippen LogP contribution >= 0.6 is 0 Å². The topological polar surface area (TPSA) is 61.9 Å². The predicted molar refractivity (Wildman–Crippen MR) is 104 cm³/mol. The van der Waals surface area contributed by atoms with Crippen molar-refractivity contribution in [1.82, 2.24) is 9.80 Å². The summed E-state index contributed by atoms with van der Waals surface area (Å²) < 4.78 is 18.2. The van der Waals surface area contributed by atoms with Gasteiger partial charge < -0.3 is 15.0 Å². The molecule has 1 unspecified atom stereocenters. The van der Waals surface area contributed by atoms with Crippen LogP contribution in [0.5, 0.6) is 0 Å². The number of hydrogen-bond donors (Lipinski definition) is 1. The second-order valence-electron chi connectivity index (χ2n) is 6.65. The number of rotatable bonds is 7. The minimum absolute atomic E-state index is 0.0289. The van der Waals surface area contributed by atoms with Gasteiger partial charge in [-0.2, -0.15) is 0 Å². The highest BCUT2D eigenvalue weighted by Gasteiger charge is 2.33. The zero-order chi connectivity index (χ0) is 19.9. The molecule has 1 fully saturated rings. The number of carbonyl (C=O) groups is 2. The van der Waals surface area contributed by atoms with Crippen molar-refractivity contribution in [3.8, 4) is 0 Å². The fourth-order valence-electron chi connectivity index (χ4n) is 3.29. The van der Waals surface area contributed by atoms with E-state index in [2.05, 4.69) is 5.32 Å². The molecule has 3 rings (SSSR count). The van der Waals surface area contributed by atoms with Crippen molar-refractivity contribution in [3.05, 3.63) is 66.0 Å². The van der Waals surface area contributed by atoms with Crippen LogP contribution in [0.3, 0.4) is 0 Å². The zero-order valence-electron chi connectivity index (χ0n) is 15.8. The number of benzene rings is 2. The summed E-state index contributed by atoms with van der Waals surface area (Å²) in [5.74, 6) is -0.648. The SMILES string of the molecule is COCCN1CCN(C(C(=O)Nc2ccc(F)cc2)c2ccccc2)CC1=O. The molecule has 0 aliphatic carbocycles. The van der Waals surface area contributed by atoms with Crippen molar-refractivity contribution in [3.63, 3.8) is 0 Å². The minimum atomic E-state index is -0.611. The quantitative estimate of drug-likeness (QED) is 0.795. The van der Waals surface area contributed by atoms with Crippen molar-refractivity contribution < 1.29 is 18.7 Å². The van der Waals surface area contributed by atoms with Gasteiger partial charge in [-0.15, -0.1) is 0 Å². The Hall–Kier alpha value is -2.77. The van der Waals surface area contributed by atoms with E-state index in [-0.39, 0.29) is 24.2 Å².